The molecule has 162 valence electrons. The largest absolute Gasteiger partial charge is 0.375 e. The number of nitrogens with zero attached hydrogens (tertiary/aromatic N) is 1. The van der Waals surface area contributed by atoms with E-state index in [1.165, 1.54) is 25.8 Å². The van der Waals surface area contributed by atoms with Gasteiger partial charge < -0.3 is 15.3 Å². The van der Waals surface area contributed by atoms with Crippen molar-refractivity contribution in [2.24, 2.45) is 11.8 Å². The van der Waals surface area contributed by atoms with Crippen molar-refractivity contribution >= 4 is 5.91 Å². The first-order chi connectivity index (χ1) is 14.0. The van der Waals surface area contributed by atoms with Crippen LogP contribution in [0.3, 0.4) is 0 Å². The summed E-state index contributed by atoms with van der Waals surface area (Å²) in [6.07, 6.45) is 9.83. The lowest BCUT2D eigenvalue weighted by atomic mass is 9.79. The van der Waals surface area contributed by atoms with E-state index in [2.05, 4.69) is 24.1 Å². The van der Waals surface area contributed by atoms with Crippen molar-refractivity contribution in [3.8, 4) is 0 Å². The van der Waals surface area contributed by atoms with E-state index >= 15 is 0 Å². The average molecular weight is 401 g/mol. The van der Waals surface area contributed by atoms with Crippen molar-refractivity contribution in [2.45, 2.75) is 83.3 Å². The summed E-state index contributed by atoms with van der Waals surface area (Å²) in [6, 6.07) is 9.74. The number of likely N-dealkylation sites (tertiary alicyclic amines) is 1. The van der Waals surface area contributed by atoms with Crippen LogP contribution in [-0.2, 0) is 10.4 Å². The van der Waals surface area contributed by atoms with Gasteiger partial charge in [0.05, 0.1) is 0 Å². The molecular weight excluding hydrogens is 360 g/mol. The van der Waals surface area contributed by atoms with Crippen molar-refractivity contribution in [1.29, 1.82) is 0 Å². The van der Waals surface area contributed by atoms with Gasteiger partial charge in [-0.05, 0) is 56.6 Å². The van der Waals surface area contributed by atoms with Crippen LogP contribution in [0, 0.1) is 11.8 Å². The molecule has 0 bridgehead atoms. The van der Waals surface area contributed by atoms with Gasteiger partial charge in [0.15, 0.2) is 5.60 Å². The predicted octanol–water partition coefficient (Wildman–Crippen LogP) is 4.47. The molecule has 2 atom stereocenters. The maximum Gasteiger partial charge on any atom is 0.257 e. The molecule has 2 aliphatic rings. The van der Waals surface area contributed by atoms with Crippen molar-refractivity contribution in [1.82, 2.24) is 10.2 Å². The van der Waals surface area contributed by atoms with Gasteiger partial charge in [0.25, 0.3) is 5.91 Å². The van der Waals surface area contributed by atoms with Crippen molar-refractivity contribution in [3.05, 3.63) is 35.9 Å². The van der Waals surface area contributed by atoms with E-state index in [0.717, 1.165) is 63.1 Å². The number of benzene rings is 1. The topological polar surface area (TPSA) is 52.6 Å². The van der Waals surface area contributed by atoms with E-state index in [4.69, 9.17) is 0 Å². The molecule has 0 unspecified atom stereocenters. The van der Waals surface area contributed by atoms with E-state index in [1.54, 1.807) is 0 Å². The Balaban J connectivity index is 1.54. The summed E-state index contributed by atoms with van der Waals surface area (Å²) in [5.41, 5.74) is -0.655. The summed E-state index contributed by atoms with van der Waals surface area (Å²) in [4.78, 5) is 15.8. The van der Waals surface area contributed by atoms with Gasteiger partial charge in [-0.2, -0.15) is 0 Å². The zero-order valence-corrected chi connectivity index (χ0v) is 18.4. The van der Waals surface area contributed by atoms with Crippen molar-refractivity contribution in [3.63, 3.8) is 0 Å². The molecule has 1 aromatic carbocycles. The number of aliphatic hydroxyl groups is 1. The van der Waals surface area contributed by atoms with Gasteiger partial charge in [-0.25, -0.2) is 0 Å². The molecular formula is C25H40N2O2. The van der Waals surface area contributed by atoms with Crippen LogP contribution in [0.4, 0.5) is 0 Å². The van der Waals surface area contributed by atoms with Gasteiger partial charge in [0.2, 0.25) is 0 Å². The summed E-state index contributed by atoms with van der Waals surface area (Å²) in [5, 5.41) is 14.8. The highest BCUT2D eigenvalue weighted by molar-refractivity contribution is 5.87. The molecule has 2 fully saturated rings. The number of nitrogens with one attached hydrogen (secondary N) is 1. The van der Waals surface area contributed by atoms with Crippen LogP contribution < -0.4 is 5.32 Å². The first-order valence-electron chi connectivity index (χ1n) is 11.8. The van der Waals surface area contributed by atoms with Gasteiger partial charge in [-0.1, -0.05) is 63.4 Å². The Kier molecular flexibility index (Phi) is 8.14. The minimum absolute atomic E-state index is 0.0190. The molecule has 1 amide bonds. The Labute approximate surface area is 177 Å². The fraction of sp³-hybridized carbons (Fsp3) is 0.720. The van der Waals surface area contributed by atoms with E-state index in [-0.39, 0.29) is 17.9 Å². The molecule has 4 heteroatoms. The zero-order chi connectivity index (χ0) is 20.7. The normalized spacial score (nSPS) is 22.3. The van der Waals surface area contributed by atoms with E-state index in [9.17, 15) is 9.90 Å². The summed E-state index contributed by atoms with van der Waals surface area (Å²) in [6.45, 7) is 7.85. The van der Waals surface area contributed by atoms with E-state index < -0.39 is 5.60 Å². The van der Waals surface area contributed by atoms with Crippen LogP contribution in [0.25, 0.3) is 0 Å². The quantitative estimate of drug-likeness (QED) is 0.643. The van der Waals surface area contributed by atoms with Crippen LogP contribution in [-0.4, -0.2) is 41.6 Å². The Bertz CT molecular complexity index is 621. The van der Waals surface area contributed by atoms with Gasteiger partial charge in [0, 0.05) is 25.0 Å². The Morgan fingerprint density at radius 1 is 1.17 bits per heavy atom. The number of hydrogen-bond acceptors (Lipinski definition) is 3. The second-order valence-corrected chi connectivity index (χ2v) is 9.36. The van der Waals surface area contributed by atoms with Gasteiger partial charge in [-0.15, -0.1) is 0 Å². The number of piperidine rings is 1. The van der Waals surface area contributed by atoms with Crippen LogP contribution in [0.2, 0.25) is 0 Å². The molecule has 0 radical (unpaired) electrons. The van der Waals surface area contributed by atoms with E-state index in [0.29, 0.717) is 0 Å². The Morgan fingerprint density at radius 2 is 1.83 bits per heavy atom. The third-order valence-electron chi connectivity index (χ3n) is 7.30. The first kappa shape index (κ1) is 22.3. The second kappa shape index (κ2) is 10.6. The maximum atomic E-state index is 13.3. The van der Waals surface area contributed by atoms with Crippen molar-refractivity contribution < 1.29 is 9.90 Å². The van der Waals surface area contributed by atoms with Crippen LogP contribution in [0.15, 0.2) is 30.3 Å². The standard InChI is InChI=1S/C25H40N2O2/c1-3-20(2)10-9-17-27-18-15-23(16-19-27)26-24(28)25(29,22-13-7-8-14-22)21-11-5-4-6-12-21/h4-6,11-12,20,22-23,29H,3,7-10,13-19H2,1-2H3,(H,26,28)/t20-,25-/m0/s1. The summed E-state index contributed by atoms with van der Waals surface area (Å²) in [5.74, 6) is 0.648. The van der Waals surface area contributed by atoms with Gasteiger partial charge in [-0.3, -0.25) is 4.79 Å². The lowest BCUT2D eigenvalue weighted by molar-refractivity contribution is -0.148. The van der Waals surface area contributed by atoms with E-state index in [1.807, 2.05) is 30.3 Å². The lowest BCUT2D eigenvalue weighted by Gasteiger charge is -2.37. The first-order valence-corrected chi connectivity index (χ1v) is 11.8. The summed E-state index contributed by atoms with van der Waals surface area (Å²) < 4.78 is 0. The zero-order valence-electron chi connectivity index (χ0n) is 18.4. The number of rotatable bonds is 9. The van der Waals surface area contributed by atoms with Crippen LogP contribution in [0.5, 0.6) is 0 Å². The average Bonchev–Trinajstić information content (AvgIpc) is 3.30. The molecule has 1 heterocycles. The molecule has 3 rings (SSSR count). The molecule has 1 aromatic rings. The fourth-order valence-electron chi connectivity index (χ4n) is 5.05. The highest BCUT2D eigenvalue weighted by Gasteiger charge is 2.46. The third-order valence-corrected chi connectivity index (χ3v) is 7.30. The van der Waals surface area contributed by atoms with Gasteiger partial charge >= 0.3 is 0 Å². The maximum absolute atomic E-state index is 13.3. The van der Waals surface area contributed by atoms with Gasteiger partial charge in [0.1, 0.15) is 0 Å². The van der Waals surface area contributed by atoms with Crippen LogP contribution >= 0.6 is 0 Å². The summed E-state index contributed by atoms with van der Waals surface area (Å²) >= 11 is 0. The summed E-state index contributed by atoms with van der Waals surface area (Å²) in [7, 11) is 0. The Hall–Kier alpha value is -1.39. The number of carbonyl (C=O) groups is 1. The molecule has 1 aliphatic carbocycles. The highest BCUT2D eigenvalue weighted by Crippen LogP contribution is 2.41. The Morgan fingerprint density at radius 3 is 2.45 bits per heavy atom. The third kappa shape index (κ3) is 5.61. The monoisotopic (exact) mass is 400 g/mol. The van der Waals surface area contributed by atoms with Crippen molar-refractivity contribution in [2.75, 3.05) is 19.6 Å². The molecule has 29 heavy (non-hydrogen) atoms. The highest BCUT2D eigenvalue weighted by atomic mass is 16.3. The smallest absolute Gasteiger partial charge is 0.257 e. The number of amides is 1. The fourth-order valence-corrected chi connectivity index (χ4v) is 5.05. The minimum Gasteiger partial charge on any atom is -0.375 e. The predicted molar refractivity (Wildman–Crippen MR) is 119 cm³/mol. The second-order valence-electron chi connectivity index (χ2n) is 9.36. The SMILES string of the molecule is CC[C@H](C)CCCN1CCC(NC(=O)[C@](O)(c2ccccc2)C2CCCC2)CC1. The molecule has 4 nitrogen and oxygen atoms in total. The minimum atomic E-state index is -1.40. The molecule has 0 aromatic heterocycles. The lowest BCUT2D eigenvalue weighted by Crippen LogP contribution is -2.54. The number of hydrogen-bond donors (Lipinski definition) is 2. The molecule has 1 aliphatic heterocycles. The molecule has 1 saturated carbocycles. The van der Waals surface area contributed by atoms with Crippen LogP contribution in [0.1, 0.15) is 77.2 Å². The molecule has 0 spiro atoms. The number of carbonyl (C=O) groups excluding carboxylic acids is 1. The molecule has 2 N–H and O–H groups in total. The molecule has 1 saturated heterocycles.